The average Bonchev–Trinajstić information content (AvgIpc) is 2.58. The second-order valence-corrected chi connectivity index (χ2v) is 5.09. The largest absolute Gasteiger partial charge is 0.493 e. The van der Waals surface area contributed by atoms with E-state index in [1.807, 2.05) is 19.1 Å². The average molecular weight is 330 g/mol. The summed E-state index contributed by atoms with van der Waals surface area (Å²) in [5, 5.41) is 2.72. The number of amides is 1. The Morgan fingerprint density at radius 3 is 2.79 bits per heavy atom. The zero-order valence-corrected chi connectivity index (χ0v) is 13.5. The van der Waals surface area contributed by atoms with Crippen LogP contribution in [0.5, 0.6) is 11.5 Å². The number of aromatic nitrogens is 1. The molecule has 1 aromatic carbocycles. The van der Waals surface area contributed by atoms with E-state index < -0.39 is 5.82 Å². The van der Waals surface area contributed by atoms with Gasteiger partial charge in [-0.25, -0.2) is 4.39 Å². The summed E-state index contributed by atoms with van der Waals surface area (Å²) in [6, 6.07) is 8.59. The smallest absolute Gasteiger partial charge is 0.244 e. The van der Waals surface area contributed by atoms with Crippen molar-refractivity contribution in [3.63, 3.8) is 0 Å². The number of nitrogens with one attached hydrogen (secondary N) is 1. The second kappa shape index (κ2) is 8.67. The Morgan fingerprint density at radius 2 is 2.08 bits per heavy atom. The van der Waals surface area contributed by atoms with Gasteiger partial charge in [-0.1, -0.05) is 12.1 Å². The molecule has 0 aliphatic heterocycles. The van der Waals surface area contributed by atoms with E-state index in [1.165, 1.54) is 24.4 Å². The Labute approximate surface area is 140 Å². The van der Waals surface area contributed by atoms with E-state index in [0.717, 1.165) is 6.20 Å². The summed E-state index contributed by atoms with van der Waals surface area (Å²) in [5.41, 5.74) is 0.517. The molecule has 0 radical (unpaired) electrons. The molecule has 0 aliphatic carbocycles. The molecule has 2 aromatic rings. The maximum Gasteiger partial charge on any atom is 0.244 e. The highest BCUT2D eigenvalue weighted by atomic mass is 19.1. The molecule has 0 aliphatic rings. The third-order valence-corrected chi connectivity index (χ3v) is 3.11. The Kier molecular flexibility index (Phi) is 6.31. The predicted molar refractivity (Wildman–Crippen MR) is 89.3 cm³/mol. The van der Waals surface area contributed by atoms with Crippen LogP contribution in [0.2, 0.25) is 0 Å². The van der Waals surface area contributed by atoms with E-state index in [9.17, 15) is 9.18 Å². The van der Waals surface area contributed by atoms with Crippen molar-refractivity contribution in [1.29, 1.82) is 0 Å². The highest BCUT2D eigenvalue weighted by Crippen LogP contribution is 2.26. The number of pyridine rings is 1. The fourth-order valence-electron chi connectivity index (χ4n) is 1.97. The standard InChI is InChI=1S/C18H19FN2O3/c1-13(24-17-6-4-3-5-16(17)23-2)10-21-18(22)8-7-14-9-15(19)12-20-11-14/h3-9,11-13H,10H2,1-2H3,(H,21,22)/b8-7+/t13-/m1/s1. The highest BCUT2D eigenvalue weighted by Gasteiger charge is 2.09. The van der Waals surface area contributed by atoms with Gasteiger partial charge in [-0.3, -0.25) is 9.78 Å². The van der Waals surface area contributed by atoms with E-state index >= 15 is 0 Å². The number of carbonyl (C=O) groups is 1. The maximum absolute atomic E-state index is 13.0. The number of para-hydroxylation sites is 2. The molecule has 1 amide bonds. The summed E-state index contributed by atoms with van der Waals surface area (Å²) in [7, 11) is 1.57. The zero-order chi connectivity index (χ0) is 17.4. The molecular weight excluding hydrogens is 311 g/mol. The first-order chi connectivity index (χ1) is 11.6. The molecule has 1 N–H and O–H groups in total. The van der Waals surface area contributed by atoms with Crippen molar-refractivity contribution in [3.8, 4) is 11.5 Å². The lowest BCUT2D eigenvalue weighted by Crippen LogP contribution is -2.32. The molecule has 0 fully saturated rings. The molecule has 0 unspecified atom stereocenters. The molecule has 0 spiro atoms. The molecule has 126 valence electrons. The number of rotatable bonds is 7. The number of methoxy groups -OCH3 is 1. The molecule has 0 saturated carbocycles. The zero-order valence-electron chi connectivity index (χ0n) is 13.5. The van der Waals surface area contributed by atoms with Gasteiger partial charge in [-0.05, 0) is 36.8 Å². The first-order valence-electron chi connectivity index (χ1n) is 7.44. The van der Waals surface area contributed by atoms with Crippen LogP contribution < -0.4 is 14.8 Å². The van der Waals surface area contributed by atoms with Gasteiger partial charge >= 0.3 is 0 Å². The third kappa shape index (κ3) is 5.39. The summed E-state index contributed by atoms with van der Waals surface area (Å²) in [6.07, 6.45) is 5.16. The van der Waals surface area contributed by atoms with Crippen LogP contribution in [0.4, 0.5) is 4.39 Å². The minimum Gasteiger partial charge on any atom is -0.493 e. The number of halogens is 1. The number of hydrogen-bond acceptors (Lipinski definition) is 4. The molecule has 1 aromatic heterocycles. The minimum absolute atomic E-state index is 0.241. The molecular formula is C18H19FN2O3. The van der Waals surface area contributed by atoms with Crippen LogP contribution in [0.25, 0.3) is 6.08 Å². The molecule has 1 atom stereocenters. The number of ether oxygens (including phenoxy) is 2. The van der Waals surface area contributed by atoms with E-state index in [2.05, 4.69) is 10.3 Å². The molecule has 24 heavy (non-hydrogen) atoms. The number of hydrogen-bond donors (Lipinski definition) is 1. The second-order valence-electron chi connectivity index (χ2n) is 5.09. The Morgan fingerprint density at radius 1 is 1.33 bits per heavy atom. The lowest BCUT2D eigenvalue weighted by Gasteiger charge is -2.16. The summed E-state index contributed by atoms with van der Waals surface area (Å²) >= 11 is 0. The highest BCUT2D eigenvalue weighted by molar-refractivity contribution is 5.91. The quantitative estimate of drug-likeness (QED) is 0.793. The number of nitrogens with zero attached hydrogens (tertiary/aromatic N) is 1. The summed E-state index contributed by atoms with van der Waals surface area (Å²) in [6.45, 7) is 2.16. The van der Waals surface area contributed by atoms with Crippen molar-refractivity contribution in [2.24, 2.45) is 0 Å². The third-order valence-electron chi connectivity index (χ3n) is 3.11. The van der Waals surface area contributed by atoms with Gasteiger partial charge in [0.15, 0.2) is 11.5 Å². The minimum atomic E-state index is -0.448. The summed E-state index contributed by atoms with van der Waals surface area (Å²) in [4.78, 5) is 15.5. The molecule has 1 heterocycles. The van der Waals surface area contributed by atoms with Crippen LogP contribution >= 0.6 is 0 Å². The van der Waals surface area contributed by atoms with Crippen molar-refractivity contribution < 1.29 is 18.7 Å². The van der Waals surface area contributed by atoms with Gasteiger partial charge in [0, 0.05) is 12.3 Å². The van der Waals surface area contributed by atoms with Crippen molar-refractivity contribution in [2.75, 3.05) is 13.7 Å². The van der Waals surface area contributed by atoms with Crippen molar-refractivity contribution in [3.05, 3.63) is 60.2 Å². The summed E-state index contributed by atoms with van der Waals surface area (Å²) in [5.74, 6) is 0.503. The van der Waals surface area contributed by atoms with Crippen LogP contribution in [0.15, 0.2) is 48.8 Å². The van der Waals surface area contributed by atoms with Crippen LogP contribution in [0.1, 0.15) is 12.5 Å². The van der Waals surface area contributed by atoms with Crippen LogP contribution in [-0.4, -0.2) is 30.6 Å². The van der Waals surface area contributed by atoms with Crippen molar-refractivity contribution >= 4 is 12.0 Å². The topological polar surface area (TPSA) is 60.5 Å². The molecule has 5 nitrogen and oxygen atoms in total. The predicted octanol–water partition coefficient (Wildman–Crippen LogP) is 2.83. The number of carbonyl (C=O) groups excluding carboxylic acids is 1. The van der Waals surface area contributed by atoms with E-state index in [1.54, 1.807) is 19.2 Å². The van der Waals surface area contributed by atoms with Gasteiger partial charge in [0.25, 0.3) is 0 Å². The maximum atomic E-state index is 13.0. The fraction of sp³-hybridized carbons (Fsp3) is 0.222. The lowest BCUT2D eigenvalue weighted by atomic mass is 10.2. The van der Waals surface area contributed by atoms with Crippen LogP contribution in [0, 0.1) is 5.82 Å². The van der Waals surface area contributed by atoms with Crippen molar-refractivity contribution in [2.45, 2.75) is 13.0 Å². The molecule has 0 saturated heterocycles. The van der Waals surface area contributed by atoms with Gasteiger partial charge in [0.1, 0.15) is 11.9 Å². The Hall–Kier alpha value is -2.89. The first-order valence-corrected chi connectivity index (χ1v) is 7.44. The molecule has 0 bridgehead atoms. The van der Waals surface area contributed by atoms with Gasteiger partial charge < -0.3 is 14.8 Å². The molecule has 2 rings (SSSR count). The van der Waals surface area contributed by atoms with Gasteiger partial charge in [0.2, 0.25) is 5.91 Å². The normalized spacial score (nSPS) is 12.0. The first kappa shape index (κ1) is 17.5. The molecule has 6 heteroatoms. The fourth-order valence-corrected chi connectivity index (χ4v) is 1.97. The van der Waals surface area contributed by atoms with E-state index in [4.69, 9.17) is 9.47 Å². The van der Waals surface area contributed by atoms with Crippen molar-refractivity contribution in [1.82, 2.24) is 10.3 Å². The van der Waals surface area contributed by atoms with E-state index in [0.29, 0.717) is 23.6 Å². The Bertz CT molecular complexity index is 719. The van der Waals surface area contributed by atoms with Gasteiger partial charge in [-0.15, -0.1) is 0 Å². The monoisotopic (exact) mass is 330 g/mol. The van der Waals surface area contributed by atoms with Crippen LogP contribution in [-0.2, 0) is 4.79 Å². The van der Waals surface area contributed by atoms with E-state index in [-0.39, 0.29) is 12.0 Å². The SMILES string of the molecule is COc1ccccc1O[C@H](C)CNC(=O)/C=C/c1cncc(F)c1. The Balaban J connectivity index is 1.83. The summed E-state index contributed by atoms with van der Waals surface area (Å²) < 4.78 is 23.9. The number of benzene rings is 1. The lowest BCUT2D eigenvalue weighted by molar-refractivity contribution is -0.116. The van der Waals surface area contributed by atoms with Gasteiger partial charge in [0.05, 0.1) is 19.9 Å². The van der Waals surface area contributed by atoms with Gasteiger partial charge in [-0.2, -0.15) is 0 Å². The van der Waals surface area contributed by atoms with Crippen LogP contribution in [0.3, 0.4) is 0 Å².